The molecule has 2 heterocycles. The van der Waals surface area contributed by atoms with Crippen LogP contribution in [0.4, 0.5) is 0 Å². The van der Waals surface area contributed by atoms with Crippen LogP contribution in [0, 0.1) is 0 Å². The maximum atomic E-state index is 12.7. The van der Waals surface area contributed by atoms with Crippen LogP contribution >= 0.6 is 23.2 Å². The van der Waals surface area contributed by atoms with Crippen molar-refractivity contribution in [2.45, 2.75) is 32.4 Å². The number of carbonyl (C=O) groups excluding carboxylic acids is 3. The van der Waals surface area contributed by atoms with Gasteiger partial charge in [-0.25, -0.2) is 0 Å². The number of fused-ring (bicyclic) bond motifs is 1. The normalized spacial score (nSPS) is 20.9. The number of rotatable bonds is 3. The lowest BCUT2D eigenvalue weighted by Gasteiger charge is -2.44. The number of hydrogen-bond acceptors (Lipinski definition) is 4. The van der Waals surface area contributed by atoms with E-state index < -0.39 is 17.7 Å². The summed E-state index contributed by atoms with van der Waals surface area (Å²) in [6.07, 6.45) is 0.184. The molecule has 0 N–H and O–H groups in total. The molecule has 1 atom stereocenters. The number of hydrogen-bond donors (Lipinski definition) is 0. The predicted octanol–water partition coefficient (Wildman–Crippen LogP) is 1.96. The van der Waals surface area contributed by atoms with Gasteiger partial charge in [-0.05, 0) is 31.5 Å². The Bertz CT molecular complexity index is 771. The van der Waals surface area contributed by atoms with Gasteiger partial charge in [0.25, 0.3) is 11.7 Å². The van der Waals surface area contributed by atoms with Crippen LogP contribution in [0.1, 0.15) is 19.4 Å². The van der Waals surface area contributed by atoms with Gasteiger partial charge in [-0.1, -0.05) is 29.3 Å². The Balaban J connectivity index is 1.96. The van der Waals surface area contributed by atoms with Crippen molar-refractivity contribution in [3.05, 3.63) is 33.8 Å². The summed E-state index contributed by atoms with van der Waals surface area (Å²) in [4.78, 5) is 44.1. The summed E-state index contributed by atoms with van der Waals surface area (Å²) in [5, 5.41) is 0.895. The zero-order valence-corrected chi connectivity index (χ0v) is 15.3. The summed E-state index contributed by atoms with van der Waals surface area (Å²) >= 11 is 12.4. The lowest BCUT2D eigenvalue weighted by molar-refractivity contribution is -0.151. The van der Waals surface area contributed by atoms with Gasteiger partial charge in [-0.3, -0.25) is 14.4 Å². The van der Waals surface area contributed by atoms with Gasteiger partial charge in [0.2, 0.25) is 0 Å². The number of nitrogens with zero attached hydrogens (tertiary/aromatic N) is 3. The Morgan fingerprint density at radius 1 is 1.16 bits per heavy atom. The van der Waals surface area contributed by atoms with Crippen molar-refractivity contribution in [1.82, 2.24) is 9.80 Å². The monoisotopic (exact) mass is 381 g/mol. The molecule has 1 aromatic rings. The first-order valence-corrected chi connectivity index (χ1v) is 8.72. The van der Waals surface area contributed by atoms with Crippen LogP contribution in [0.3, 0.4) is 0 Å². The standard InChI is InChI=1S/C17H17Cl2N3O3/c1-9(2)21-6-7-22-13(8-10-11(18)4-3-5-12(10)19)20-16(24)15(23)14(22)17(21)25/h3-5,9,14H,6-8H2,1-2H3. The van der Waals surface area contributed by atoms with Gasteiger partial charge in [0.15, 0.2) is 6.04 Å². The molecule has 0 bridgehead atoms. The van der Waals surface area contributed by atoms with Gasteiger partial charge in [0, 0.05) is 35.6 Å². The molecule has 1 unspecified atom stereocenters. The van der Waals surface area contributed by atoms with Crippen molar-refractivity contribution in [3.8, 4) is 0 Å². The Morgan fingerprint density at radius 3 is 2.40 bits per heavy atom. The van der Waals surface area contributed by atoms with E-state index in [0.717, 1.165) is 0 Å². The molecule has 0 aromatic heterocycles. The molecule has 0 spiro atoms. The van der Waals surface area contributed by atoms with Crippen LogP contribution < -0.4 is 0 Å². The van der Waals surface area contributed by atoms with E-state index in [1.165, 1.54) is 0 Å². The van der Waals surface area contributed by atoms with Crippen LogP contribution in [0.25, 0.3) is 0 Å². The van der Waals surface area contributed by atoms with E-state index in [2.05, 4.69) is 4.99 Å². The van der Waals surface area contributed by atoms with Gasteiger partial charge in [-0.2, -0.15) is 4.99 Å². The number of aliphatic imine (C=N–C) groups is 1. The van der Waals surface area contributed by atoms with Crippen molar-refractivity contribution >= 4 is 46.6 Å². The van der Waals surface area contributed by atoms with Gasteiger partial charge < -0.3 is 9.80 Å². The minimum absolute atomic E-state index is 0.0436. The Labute approximate surface area is 155 Å². The van der Waals surface area contributed by atoms with E-state index in [9.17, 15) is 14.4 Å². The molecule has 2 aliphatic rings. The molecule has 2 amide bonds. The van der Waals surface area contributed by atoms with Crippen LogP contribution in [0.2, 0.25) is 10.0 Å². The van der Waals surface area contributed by atoms with E-state index in [1.807, 2.05) is 13.8 Å². The van der Waals surface area contributed by atoms with E-state index in [-0.39, 0.29) is 18.4 Å². The topological polar surface area (TPSA) is 70.0 Å². The van der Waals surface area contributed by atoms with Crippen molar-refractivity contribution in [2.75, 3.05) is 13.1 Å². The third-order valence-corrected chi connectivity index (χ3v) is 5.16. The number of benzene rings is 1. The highest BCUT2D eigenvalue weighted by Crippen LogP contribution is 2.28. The quantitative estimate of drug-likeness (QED) is 0.592. The number of carbonyl (C=O) groups is 3. The number of piperazine rings is 1. The molecular weight excluding hydrogens is 365 g/mol. The maximum absolute atomic E-state index is 12.7. The summed E-state index contributed by atoms with van der Waals surface area (Å²) in [6.45, 7) is 4.64. The molecule has 1 saturated heterocycles. The largest absolute Gasteiger partial charge is 0.339 e. The summed E-state index contributed by atoms with van der Waals surface area (Å²) in [6, 6.07) is 3.92. The Kier molecular flexibility index (Phi) is 4.84. The van der Waals surface area contributed by atoms with Crippen molar-refractivity contribution in [2.24, 2.45) is 4.99 Å². The number of ketones is 1. The molecule has 25 heavy (non-hydrogen) atoms. The highest BCUT2D eigenvalue weighted by Gasteiger charge is 2.47. The number of Topliss-reactive ketones (excluding diaryl/α,β-unsaturated/α-hetero) is 1. The van der Waals surface area contributed by atoms with Gasteiger partial charge in [0.05, 0.1) is 0 Å². The first-order valence-electron chi connectivity index (χ1n) is 7.97. The summed E-state index contributed by atoms with van der Waals surface area (Å²) in [5.41, 5.74) is 0.615. The maximum Gasteiger partial charge on any atom is 0.317 e. The lowest BCUT2D eigenvalue weighted by Crippen LogP contribution is -2.65. The molecule has 0 radical (unpaired) electrons. The average molecular weight is 382 g/mol. The second kappa shape index (κ2) is 6.77. The molecule has 0 saturated carbocycles. The molecule has 2 aliphatic heterocycles. The number of amidine groups is 1. The van der Waals surface area contributed by atoms with Crippen LogP contribution in [0.15, 0.2) is 23.2 Å². The second-order valence-electron chi connectivity index (χ2n) is 6.30. The average Bonchev–Trinajstić information content (AvgIpc) is 2.55. The van der Waals surface area contributed by atoms with Crippen LogP contribution in [-0.4, -0.2) is 58.4 Å². The van der Waals surface area contributed by atoms with Crippen molar-refractivity contribution < 1.29 is 14.4 Å². The summed E-state index contributed by atoms with van der Waals surface area (Å²) in [5.74, 6) is -1.71. The van der Waals surface area contributed by atoms with Crippen molar-refractivity contribution in [1.29, 1.82) is 0 Å². The van der Waals surface area contributed by atoms with Gasteiger partial charge >= 0.3 is 5.91 Å². The summed E-state index contributed by atoms with van der Waals surface area (Å²) < 4.78 is 0. The van der Waals surface area contributed by atoms with E-state index in [0.29, 0.717) is 34.5 Å². The molecule has 8 heteroatoms. The zero-order valence-electron chi connectivity index (χ0n) is 13.8. The molecule has 1 aromatic carbocycles. The Hall–Kier alpha value is -1.92. The fourth-order valence-corrected chi connectivity index (χ4v) is 3.67. The fourth-order valence-electron chi connectivity index (χ4n) is 3.14. The van der Waals surface area contributed by atoms with E-state index in [1.54, 1.807) is 28.0 Å². The predicted molar refractivity (Wildman–Crippen MR) is 95.0 cm³/mol. The van der Waals surface area contributed by atoms with Crippen LogP contribution in [-0.2, 0) is 20.8 Å². The highest BCUT2D eigenvalue weighted by molar-refractivity contribution is 6.46. The van der Waals surface area contributed by atoms with Crippen molar-refractivity contribution in [3.63, 3.8) is 0 Å². The van der Waals surface area contributed by atoms with E-state index in [4.69, 9.17) is 23.2 Å². The molecule has 132 valence electrons. The smallest absolute Gasteiger partial charge is 0.317 e. The Morgan fingerprint density at radius 2 is 1.80 bits per heavy atom. The van der Waals surface area contributed by atoms with Crippen LogP contribution in [0.5, 0.6) is 0 Å². The molecule has 6 nitrogen and oxygen atoms in total. The first kappa shape index (κ1) is 17.9. The molecule has 1 fully saturated rings. The van der Waals surface area contributed by atoms with Gasteiger partial charge in [0.1, 0.15) is 5.84 Å². The number of amides is 2. The third kappa shape index (κ3) is 3.16. The SMILES string of the molecule is CC(C)N1CCN2C(Cc3c(Cl)cccc3Cl)=NC(=O)C(=O)C2C1=O. The first-order chi connectivity index (χ1) is 11.8. The number of halogens is 2. The summed E-state index contributed by atoms with van der Waals surface area (Å²) in [7, 11) is 0. The van der Waals surface area contributed by atoms with E-state index >= 15 is 0 Å². The fraction of sp³-hybridized carbons (Fsp3) is 0.412. The molecule has 0 aliphatic carbocycles. The minimum atomic E-state index is -1.14. The van der Waals surface area contributed by atoms with Gasteiger partial charge in [-0.15, -0.1) is 0 Å². The lowest BCUT2D eigenvalue weighted by atomic mass is 10.00. The highest BCUT2D eigenvalue weighted by atomic mass is 35.5. The second-order valence-corrected chi connectivity index (χ2v) is 7.11. The molecular formula is C17H17Cl2N3O3. The zero-order chi connectivity index (χ0) is 18.3. The third-order valence-electron chi connectivity index (χ3n) is 4.45. The minimum Gasteiger partial charge on any atom is -0.339 e. The molecule has 3 rings (SSSR count).